The van der Waals surface area contributed by atoms with E-state index in [0.29, 0.717) is 26.9 Å². The maximum Gasteiger partial charge on any atom is 0.407 e. The van der Waals surface area contributed by atoms with Crippen LogP contribution in [0.15, 0.2) is 52.0 Å². The van der Waals surface area contributed by atoms with Crippen LogP contribution in [0.5, 0.6) is 0 Å². The summed E-state index contributed by atoms with van der Waals surface area (Å²) in [7, 11) is -3.51. The van der Waals surface area contributed by atoms with E-state index in [-0.39, 0.29) is 11.4 Å². The van der Waals surface area contributed by atoms with Gasteiger partial charge in [-0.1, -0.05) is 15.9 Å². The first-order chi connectivity index (χ1) is 14.8. The maximum absolute atomic E-state index is 14.2. The van der Waals surface area contributed by atoms with Crippen LogP contribution in [0.2, 0.25) is 0 Å². The van der Waals surface area contributed by atoms with E-state index in [4.69, 9.17) is 10.1 Å². The van der Waals surface area contributed by atoms with Crippen LogP contribution in [0.3, 0.4) is 0 Å². The highest BCUT2D eigenvalue weighted by molar-refractivity contribution is 9.10. The Morgan fingerprint density at radius 1 is 1.22 bits per heavy atom. The molecule has 0 aliphatic heterocycles. The Morgan fingerprint density at radius 3 is 2.50 bits per heavy atom. The Labute approximate surface area is 195 Å². The fourth-order valence-electron chi connectivity index (χ4n) is 2.69. The Bertz CT molecular complexity index is 1160. The average molecular weight is 526 g/mol. The van der Waals surface area contributed by atoms with Crippen molar-refractivity contribution in [3.63, 3.8) is 0 Å². The average Bonchev–Trinajstić information content (AvgIpc) is 2.65. The molecule has 1 amide bonds. The van der Waals surface area contributed by atoms with Crippen LogP contribution >= 0.6 is 15.9 Å². The Morgan fingerprint density at radius 2 is 1.91 bits per heavy atom. The quantitative estimate of drug-likeness (QED) is 0.434. The van der Waals surface area contributed by atoms with Gasteiger partial charge in [0.15, 0.2) is 9.84 Å². The molecule has 0 aliphatic rings. The van der Waals surface area contributed by atoms with Crippen LogP contribution in [-0.2, 0) is 21.1 Å². The van der Waals surface area contributed by atoms with Crippen molar-refractivity contribution in [1.82, 2.24) is 5.32 Å². The summed E-state index contributed by atoms with van der Waals surface area (Å²) in [4.78, 5) is 11.9. The first-order valence-electron chi connectivity index (χ1n) is 9.52. The number of sulfone groups is 1. The van der Waals surface area contributed by atoms with Crippen LogP contribution in [-0.4, -0.2) is 32.6 Å². The van der Waals surface area contributed by atoms with Crippen molar-refractivity contribution in [2.75, 3.05) is 11.6 Å². The number of carbonyl (C=O) groups is 1. The SMILES string of the molecule is CC(C)(C)OC(=O)NCc1cc(F)cc(/C(C=N)=C/Nc2ccc(Br)cc2S(C)(=O)=O)c1. The lowest BCUT2D eigenvalue weighted by atomic mass is 10.0. The van der Waals surface area contributed by atoms with E-state index in [1.807, 2.05) is 0 Å². The molecular weight excluding hydrogens is 501 g/mol. The molecule has 7 nitrogen and oxygen atoms in total. The van der Waals surface area contributed by atoms with E-state index in [9.17, 15) is 17.6 Å². The molecule has 3 N–H and O–H groups in total. The number of anilines is 1. The third-order valence-corrected chi connectivity index (χ3v) is 5.64. The Kier molecular flexibility index (Phi) is 8.19. The van der Waals surface area contributed by atoms with E-state index in [1.54, 1.807) is 39.0 Å². The topological polar surface area (TPSA) is 108 Å². The lowest BCUT2D eigenvalue weighted by Crippen LogP contribution is -2.32. The maximum atomic E-state index is 14.2. The van der Waals surface area contributed by atoms with Gasteiger partial charge in [-0.2, -0.15) is 0 Å². The van der Waals surface area contributed by atoms with Gasteiger partial charge >= 0.3 is 6.09 Å². The van der Waals surface area contributed by atoms with Gasteiger partial charge in [0.25, 0.3) is 0 Å². The van der Waals surface area contributed by atoms with Crippen molar-refractivity contribution in [2.45, 2.75) is 37.8 Å². The summed E-state index contributed by atoms with van der Waals surface area (Å²) >= 11 is 3.25. The molecule has 32 heavy (non-hydrogen) atoms. The molecule has 0 saturated carbocycles. The minimum absolute atomic E-state index is 0.0311. The second-order valence-corrected chi connectivity index (χ2v) is 10.9. The van der Waals surface area contributed by atoms with Gasteiger partial charge in [0.05, 0.1) is 10.6 Å². The van der Waals surface area contributed by atoms with Gasteiger partial charge in [-0.3, -0.25) is 0 Å². The van der Waals surface area contributed by atoms with E-state index >= 15 is 0 Å². The molecule has 0 saturated heterocycles. The van der Waals surface area contributed by atoms with Crippen LogP contribution in [0.25, 0.3) is 5.57 Å². The highest BCUT2D eigenvalue weighted by Gasteiger charge is 2.16. The van der Waals surface area contributed by atoms with E-state index in [2.05, 4.69) is 26.6 Å². The fourth-order valence-corrected chi connectivity index (χ4v) is 4.07. The molecule has 0 aliphatic carbocycles. The van der Waals surface area contributed by atoms with Crippen molar-refractivity contribution in [3.05, 3.63) is 64.0 Å². The van der Waals surface area contributed by atoms with Gasteiger partial charge in [0, 0.05) is 35.3 Å². The third-order valence-electron chi connectivity index (χ3n) is 4.01. The summed E-state index contributed by atoms with van der Waals surface area (Å²) in [5.74, 6) is -0.545. The Balaban J connectivity index is 2.27. The summed E-state index contributed by atoms with van der Waals surface area (Å²) in [6.45, 7) is 5.24. The standard InChI is InChI=1S/C22H25BrFN3O4S/c1-22(2,3)31-21(28)27-12-14-7-15(9-18(24)8-14)16(11-25)13-26-19-6-5-17(23)10-20(19)32(4,29)30/h5-11,13,25-26H,12H2,1-4H3,(H,27,28)/b16-13+,25-11?. The molecule has 0 aromatic heterocycles. The van der Waals surface area contributed by atoms with Gasteiger partial charge in [-0.15, -0.1) is 0 Å². The van der Waals surface area contributed by atoms with Crippen molar-refractivity contribution < 1.29 is 22.3 Å². The van der Waals surface area contributed by atoms with E-state index in [0.717, 1.165) is 12.5 Å². The van der Waals surface area contributed by atoms with Crippen LogP contribution < -0.4 is 10.6 Å². The zero-order chi connectivity index (χ0) is 24.1. The molecule has 172 valence electrons. The van der Waals surface area contributed by atoms with E-state index < -0.39 is 27.3 Å². The van der Waals surface area contributed by atoms with Gasteiger partial charge in [0.1, 0.15) is 11.4 Å². The highest BCUT2D eigenvalue weighted by atomic mass is 79.9. The van der Waals surface area contributed by atoms with Crippen molar-refractivity contribution in [2.24, 2.45) is 0 Å². The number of amides is 1. The summed E-state index contributed by atoms with van der Waals surface area (Å²) < 4.78 is 44.1. The number of rotatable bonds is 7. The number of hydrogen-bond acceptors (Lipinski definition) is 6. The van der Waals surface area contributed by atoms with Crippen LogP contribution in [0.4, 0.5) is 14.9 Å². The van der Waals surface area contributed by atoms with Crippen molar-refractivity contribution in [1.29, 1.82) is 5.41 Å². The molecule has 0 heterocycles. The number of ether oxygens (including phenoxy) is 1. The summed E-state index contributed by atoms with van der Waals surface area (Å²) in [6.07, 6.45) is 2.91. The van der Waals surface area contributed by atoms with Crippen LogP contribution in [0, 0.1) is 11.2 Å². The number of alkyl carbamates (subject to hydrolysis) is 1. The van der Waals surface area contributed by atoms with Crippen molar-refractivity contribution >= 4 is 49.3 Å². The molecular formula is C22H25BrFN3O4S. The summed E-state index contributed by atoms with van der Waals surface area (Å²) in [6, 6.07) is 8.87. The minimum Gasteiger partial charge on any atom is -0.444 e. The zero-order valence-electron chi connectivity index (χ0n) is 18.1. The second kappa shape index (κ2) is 10.3. The van der Waals surface area contributed by atoms with Gasteiger partial charge in [-0.25, -0.2) is 17.6 Å². The lowest BCUT2D eigenvalue weighted by Gasteiger charge is -2.19. The van der Waals surface area contributed by atoms with Gasteiger partial charge in [-0.05, 0) is 68.3 Å². The van der Waals surface area contributed by atoms with Gasteiger partial charge < -0.3 is 20.8 Å². The minimum atomic E-state index is -3.51. The third kappa shape index (κ3) is 7.76. The molecule has 0 fully saturated rings. The largest absolute Gasteiger partial charge is 0.444 e. The van der Waals surface area contributed by atoms with Gasteiger partial charge in [0.2, 0.25) is 0 Å². The first kappa shape index (κ1) is 25.5. The smallest absolute Gasteiger partial charge is 0.407 e. The number of hydrogen-bond donors (Lipinski definition) is 3. The molecule has 10 heteroatoms. The molecule has 2 aromatic rings. The Hall–Kier alpha value is -2.72. The summed E-state index contributed by atoms with van der Waals surface area (Å²) in [5.41, 5.74) is 0.825. The molecule has 0 radical (unpaired) electrons. The summed E-state index contributed by atoms with van der Waals surface area (Å²) in [5, 5.41) is 13.2. The number of benzene rings is 2. The number of halogens is 2. The second-order valence-electron chi connectivity index (χ2n) is 8.00. The number of carbonyl (C=O) groups excluding carboxylic acids is 1. The zero-order valence-corrected chi connectivity index (χ0v) is 20.5. The normalized spacial score (nSPS) is 12.2. The lowest BCUT2D eigenvalue weighted by molar-refractivity contribution is 0.0523. The molecule has 0 bridgehead atoms. The molecule has 0 spiro atoms. The molecule has 0 atom stereocenters. The van der Waals surface area contributed by atoms with E-state index in [1.165, 1.54) is 24.4 Å². The van der Waals surface area contributed by atoms with Crippen LogP contribution in [0.1, 0.15) is 31.9 Å². The molecule has 2 aromatic carbocycles. The molecule has 2 rings (SSSR count). The predicted octanol–water partition coefficient (Wildman–Crippen LogP) is 5.12. The predicted molar refractivity (Wildman–Crippen MR) is 127 cm³/mol. The highest BCUT2D eigenvalue weighted by Crippen LogP contribution is 2.26. The fraction of sp³-hybridized carbons (Fsp3) is 0.273. The monoisotopic (exact) mass is 525 g/mol. The van der Waals surface area contributed by atoms with Crippen molar-refractivity contribution in [3.8, 4) is 0 Å². The number of allylic oxidation sites excluding steroid dienone is 1. The number of nitrogens with one attached hydrogen (secondary N) is 3. The first-order valence-corrected chi connectivity index (χ1v) is 12.2. The molecule has 0 unspecified atom stereocenters.